The van der Waals surface area contributed by atoms with Crippen LogP contribution in [0.25, 0.3) is 0 Å². The summed E-state index contributed by atoms with van der Waals surface area (Å²) in [7, 11) is 0. The van der Waals surface area contributed by atoms with Gasteiger partial charge in [-0.1, -0.05) is 32.8 Å². The molecule has 3 heteroatoms. The normalized spacial score (nSPS) is 27.0. The zero-order valence-electron chi connectivity index (χ0n) is 12.3. The van der Waals surface area contributed by atoms with Crippen molar-refractivity contribution in [2.24, 2.45) is 11.8 Å². The maximum atomic E-state index is 13.3. The average molecular weight is 282 g/mol. The molecule has 0 aliphatic heterocycles. The third-order valence-corrected chi connectivity index (χ3v) is 4.25. The minimum absolute atomic E-state index is 0.415. The van der Waals surface area contributed by atoms with Gasteiger partial charge in [0, 0.05) is 6.42 Å². The molecule has 1 N–H and O–H groups in total. The Bertz CT molecular complexity index is 458. The van der Waals surface area contributed by atoms with Gasteiger partial charge in [-0.2, -0.15) is 0 Å². The lowest BCUT2D eigenvalue weighted by molar-refractivity contribution is -0.0189. The molecule has 0 spiro atoms. The summed E-state index contributed by atoms with van der Waals surface area (Å²) >= 11 is 0. The molecule has 1 nitrogen and oxygen atoms in total. The number of halogens is 2. The molecule has 0 amide bonds. The lowest BCUT2D eigenvalue weighted by atomic mass is 9.73. The Hall–Kier alpha value is -0.960. The quantitative estimate of drug-likeness (QED) is 0.863. The maximum absolute atomic E-state index is 13.3. The fourth-order valence-corrected chi connectivity index (χ4v) is 3.52. The van der Waals surface area contributed by atoms with E-state index in [-0.39, 0.29) is 0 Å². The minimum atomic E-state index is -0.833. The first kappa shape index (κ1) is 15.4. The van der Waals surface area contributed by atoms with E-state index in [4.69, 9.17) is 0 Å². The van der Waals surface area contributed by atoms with E-state index in [1.54, 1.807) is 6.07 Å². The Morgan fingerprint density at radius 1 is 1.30 bits per heavy atom. The van der Waals surface area contributed by atoms with Crippen LogP contribution in [-0.4, -0.2) is 10.7 Å². The Labute approximate surface area is 120 Å². The Morgan fingerprint density at radius 3 is 2.70 bits per heavy atom. The van der Waals surface area contributed by atoms with Crippen molar-refractivity contribution in [2.75, 3.05) is 0 Å². The molecule has 1 aliphatic rings. The van der Waals surface area contributed by atoms with Crippen LogP contribution in [0, 0.1) is 23.5 Å². The number of benzene rings is 1. The van der Waals surface area contributed by atoms with E-state index in [1.807, 2.05) is 0 Å². The van der Waals surface area contributed by atoms with E-state index in [1.165, 1.54) is 6.07 Å². The van der Waals surface area contributed by atoms with Gasteiger partial charge in [0.05, 0.1) is 5.60 Å². The molecule has 0 radical (unpaired) electrons. The second-order valence-corrected chi connectivity index (χ2v) is 6.74. The van der Waals surface area contributed by atoms with Gasteiger partial charge < -0.3 is 5.11 Å². The zero-order chi connectivity index (χ0) is 14.8. The smallest absolute Gasteiger partial charge is 0.159 e. The molecule has 0 heterocycles. The molecule has 1 aliphatic carbocycles. The summed E-state index contributed by atoms with van der Waals surface area (Å²) in [6.07, 6.45) is 5.24. The molecule has 2 atom stereocenters. The monoisotopic (exact) mass is 282 g/mol. The molecule has 20 heavy (non-hydrogen) atoms. The summed E-state index contributed by atoms with van der Waals surface area (Å²) in [5.41, 5.74) is -0.0844. The maximum Gasteiger partial charge on any atom is 0.159 e. The van der Waals surface area contributed by atoms with Crippen LogP contribution in [-0.2, 0) is 6.42 Å². The van der Waals surface area contributed by atoms with Crippen molar-refractivity contribution in [3.63, 3.8) is 0 Å². The molecule has 1 aromatic rings. The first-order valence-electron chi connectivity index (χ1n) is 7.54. The van der Waals surface area contributed by atoms with Crippen LogP contribution in [0.5, 0.6) is 0 Å². The molecule has 1 saturated carbocycles. The number of aliphatic hydroxyl groups is 1. The summed E-state index contributed by atoms with van der Waals surface area (Å²) in [4.78, 5) is 0. The van der Waals surface area contributed by atoms with Crippen molar-refractivity contribution >= 4 is 0 Å². The van der Waals surface area contributed by atoms with Crippen LogP contribution in [0.2, 0.25) is 0 Å². The molecule has 1 aromatic carbocycles. The topological polar surface area (TPSA) is 20.2 Å². The van der Waals surface area contributed by atoms with E-state index < -0.39 is 17.2 Å². The minimum Gasteiger partial charge on any atom is -0.390 e. The van der Waals surface area contributed by atoms with Gasteiger partial charge in [0.1, 0.15) is 0 Å². The fraction of sp³-hybridized carbons (Fsp3) is 0.647. The molecule has 2 unspecified atom stereocenters. The van der Waals surface area contributed by atoms with Crippen molar-refractivity contribution in [1.82, 2.24) is 0 Å². The summed E-state index contributed by atoms with van der Waals surface area (Å²) in [6, 6.07) is 3.92. The van der Waals surface area contributed by atoms with Crippen LogP contribution in [0.4, 0.5) is 8.78 Å². The third kappa shape index (κ3) is 4.02. The average Bonchev–Trinajstić information content (AvgIpc) is 2.32. The first-order valence-corrected chi connectivity index (χ1v) is 7.54. The molecule has 112 valence electrons. The summed E-state index contributed by atoms with van der Waals surface area (Å²) < 4.78 is 26.2. The van der Waals surface area contributed by atoms with Crippen molar-refractivity contribution in [3.05, 3.63) is 35.4 Å². The molecular weight excluding hydrogens is 258 g/mol. The van der Waals surface area contributed by atoms with Crippen LogP contribution in [0.1, 0.15) is 51.5 Å². The largest absolute Gasteiger partial charge is 0.390 e. The predicted molar refractivity (Wildman–Crippen MR) is 76.4 cm³/mol. The van der Waals surface area contributed by atoms with Crippen molar-refractivity contribution < 1.29 is 13.9 Å². The van der Waals surface area contributed by atoms with Gasteiger partial charge in [0.2, 0.25) is 0 Å². The van der Waals surface area contributed by atoms with Gasteiger partial charge in [-0.3, -0.25) is 0 Å². The molecule has 0 saturated heterocycles. The predicted octanol–water partition coefficient (Wildman–Crippen LogP) is 4.47. The van der Waals surface area contributed by atoms with Gasteiger partial charge >= 0.3 is 0 Å². The van der Waals surface area contributed by atoms with Crippen molar-refractivity contribution in [3.8, 4) is 0 Å². The second-order valence-electron chi connectivity index (χ2n) is 6.74. The lowest BCUT2D eigenvalue weighted by Gasteiger charge is -2.37. The fourth-order valence-electron chi connectivity index (χ4n) is 3.52. The SMILES string of the molecule is CC(C)CC1CCCC(O)(Cc2ccc(F)c(F)c2)C1. The van der Waals surface area contributed by atoms with Crippen molar-refractivity contribution in [2.45, 2.75) is 58.0 Å². The molecule has 1 fully saturated rings. The van der Waals surface area contributed by atoms with E-state index in [9.17, 15) is 13.9 Å². The Balaban J connectivity index is 2.04. The van der Waals surface area contributed by atoms with Crippen LogP contribution in [0.15, 0.2) is 18.2 Å². The highest BCUT2D eigenvalue weighted by Gasteiger charge is 2.34. The molecular formula is C17H24F2O. The van der Waals surface area contributed by atoms with Gasteiger partial charge in [-0.25, -0.2) is 8.78 Å². The summed E-state index contributed by atoms with van der Waals surface area (Å²) in [5.74, 6) is -0.493. The highest BCUT2D eigenvalue weighted by Crippen LogP contribution is 2.37. The lowest BCUT2D eigenvalue weighted by Crippen LogP contribution is -2.37. The van der Waals surface area contributed by atoms with E-state index in [0.29, 0.717) is 23.8 Å². The Morgan fingerprint density at radius 2 is 2.05 bits per heavy atom. The van der Waals surface area contributed by atoms with Crippen LogP contribution in [0.3, 0.4) is 0 Å². The van der Waals surface area contributed by atoms with Gasteiger partial charge in [0.25, 0.3) is 0 Å². The van der Waals surface area contributed by atoms with Crippen LogP contribution >= 0.6 is 0 Å². The number of hydrogen-bond donors (Lipinski definition) is 1. The summed E-state index contributed by atoms with van der Waals surface area (Å²) in [6.45, 7) is 4.39. The summed E-state index contributed by atoms with van der Waals surface area (Å²) in [5, 5.41) is 10.8. The van der Waals surface area contributed by atoms with E-state index in [2.05, 4.69) is 13.8 Å². The highest BCUT2D eigenvalue weighted by atomic mass is 19.2. The van der Waals surface area contributed by atoms with Gasteiger partial charge in [0.15, 0.2) is 11.6 Å². The first-order chi connectivity index (χ1) is 9.38. The molecule has 0 aromatic heterocycles. The Kier molecular flexibility index (Phi) is 4.79. The highest BCUT2D eigenvalue weighted by molar-refractivity contribution is 5.20. The molecule has 2 rings (SSSR count). The standard InChI is InChI=1S/C17H24F2O/c1-12(2)8-13-4-3-7-17(20,10-13)11-14-5-6-15(18)16(19)9-14/h5-6,9,12-13,20H,3-4,7-8,10-11H2,1-2H3. The number of rotatable bonds is 4. The second kappa shape index (κ2) is 6.21. The zero-order valence-corrected chi connectivity index (χ0v) is 12.3. The van der Waals surface area contributed by atoms with Crippen LogP contribution < -0.4 is 0 Å². The van der Waals surface area contributed by atoms with E-state index >= 15 is 0 Å². The van der Waals surface area contributed by atoms with Gasteiger partial charge in [-0.15, -0.1) is 0 Å². The van der Waals surface area contributed by atoms with Crippen molar-refractivity contribution in [1.29, 1.82) is 0 Å². The van der Waals surface area contributed by atoms with E-state index in [0.717, 1.165) is 38.2 Å². The number of hydrogen-bond acceptors (Lipinski definition) is 1. The van der Waals surface area contributed by atoms with Gasteiger partial charge in [-0.05, 0) is 48.8 Å². The molecule has 0 bridgehead atoms. The third-order valence-electron chi connectivity index (χ3n) is 4.25.